The Hall–Kier alpha value is -0.650. The number of thiophene rings is 2. The summed E-state index contributed by atoms with van der Waals surface area (Å²) in [6, 6.07) is 3.90. The lowest BCUT2D eigenvalue weighted by molar-refractivity contribution is 0.0786. The van der Waals surface area contributed by atoms with Crippen molar-refractivity contribution in [1.82, 2.24) is 4.90 Å². The first-order chi connectivity index (χ1) is 7.66. The number of nitrogens with zero attached hydrogens (tertiary/aromatic N) is 1. The molecule has 16 heavy (non-hydrogen) atoms. The molecule has 0 saturated carbocycles. The Labute approximate surface area is 111 Å². The monoisotopic (exact) mass is 315 g/mol. The van der Waals surface area contributed by atoms with Crippen molar-refractivity contribution in [2.75, 3.05) is 7.05 Å². The molecule has 0 bridgehead atoms. The topological polar surface area (TPSA) is 20.3 Å². The molecule has 0 atom stereocenters. The lowest BCUT2D eigenvalue weighted by Crippen LogP contribution is -2.25. The van der Waals surface area contributed by atoms with Crippen LogP contribution in [0.15, 0.2) is 32.1 Å². The number of halogens is 1. The van der Waals surface area contributed by atoms with Crippen LogP contribution in [0, 0.1) is 0 Å². The SMILES string of the molecule is CN(Cc1ccsc1)C(=O)c1csc(Br)c1. The van der Waals surface area contributed by atoms with Crippen LogP contribution in [0.5, 0.6) is 0 Å². The highest BCUT2D eigenvalue weighted by atomic mass is 79.9. The third-order valence-corrected chi connectivity index (χ3v) is 4.40. The largest absolute Gasteiger partial charge is 0.337 e. The van der Waals surface area contributed by atoms with Crippen molar-refractivity contribution in [2.24, 2.45) is 0 Å². The Bertz CT molecular complexity index is 478. The van der Waals surface area contributed by atoms with Crippen molar-refractivity contribution in [2.45, 2.75) is 6.54 Å². The standard InChI is InChI=1S/C11H10BrNOS2/c1-13(5-8-2-3-15-6-8)11(14)9-4-10(12)16-7-9/h2-4,6-7H,5H2,1H3. The summed E-state index contributed by atoms with van der Waals surface area (Å²) in [4.78, 5) is 13.7. The van der Waals surface area contributed by atoms with E-state index in [1.165, 1.54) is 16.9 Å². The molecule has 0 radical (unpaired) electrons. The predicted octanol–water partition coefficient (Wildman–Crippen LogP) is 3.84. The zero-order chi connectivity index (χ0) is 11.5. The second kappa shape index (κ2) is 5.12. The number of carbonyl (C=O) groups is 1. The highest BCUT2D eigenvalue weighted by molar-refractivity contribution is 9.11. The van der Waals surface area contributed by atoms with E-state index in [2.05, 4.69) is 21.3 Å². The summed E-state index contributed by atoms with van der Waals surface area (Å²) in [6.07, 6.45) is 0. The van der Waals surface area contributed by atoms with Crippen LogP contribution in [0.25, 0.3) is 0 Å². The van der Waals surface area contributed by atoms with Crippen LogP contribution in [0.2, 0.25) is 0 Å². The molecule has 0 saturated heterocycles. The maximum absolute atomic E-state index is 12.0. The second-order valence-corrected chi connectivity index (χ2v) is 6.50. The molecule has 0 aliphatic heterocycles. The van der Waals surface area contributed by atoms with E-state index in [1.54, 1.807) is 16.2 Å². The summed E-state index contributed by atoms with van der Waals surface area (Å²) in [5.41, 5.74) is 1.92. The fraction of sp³-hybridized carbons (Fsp3) is 0.182. The maximum Gasteiger partial charge on any atom is 0.254 e. The molecule has 2 rings (SSSR count). The number of amides is 1. The van der Waals surface area contributed by atoms with Crippen LogP contribution < -0.4 is 0 Å². The fourth-order valence-corrected chi connectivity index (χ4v) is 3.16. The van der Waals surface area contributed by atoms with Gasteiger partial charge in [0.1, 0.15) is 0 Å². The van der Waals surface area contributed by atoms with Crippen molar-refractivity contribution in [3.8, 4) is 0 Å². The molecule has 0 N–H and O–H groups in total. The van der Waals surface area contributed by atoms with Crippen molar-refractivity contribution >= 4 is 44.5 Å². The lowest BCUT2D eigenvalue weighted by atomic mass is 10.2. The molecule has 2 nitrogen and oxygen atoms in total. The molecule has 84 valence electrons. The summed E-state index contributed by atoms with van der Waals surface area (Å²) in [6.45, 7) is 0.662. The van der Waals surface area contributed by atoms with Crippen molar-refractivity contribution in [1.29, 1.82) is 0 Å². The van der Waals surface area contributed by atoms with Gasteiger partial charge in [0.25, 0.3) is 5.91 Å². The highest BCUT2D eigenvalue weighted by Gasteiger charge is 2.13. The first kappa shape index (κ1) is 11.8. The van der Waals surface area contributed by atoms with E-state index in [0.717, 1.165) is 9.35 Å². The van der Waals surface area contributed by atoms with Gasteiger partial charge in [0, 0.05) is 19.0 Å². The van der Waals surface area contributed by atoms with E-state index >= 15 is 0 Å². The van der Waals surface area contributed by atoms with E-state index in [9.17, 15) is 4.79 Å². The minimum Gasteiger partial charge on any atom is -0.337 e. The third kappa shape index (κ3) is 2.72. The Morgan fingerprint density at radius 2 is 2.31 bits per heavy atom. The Morgan fingerprint density at radius 3 is 2.88 bits per heavy atom. The zero-order valence-corrected chi connectivity index (χ0v) is 11.9. The molecule has 0 fully saturated rings. The molecule has 5 heteroatoms. The summed E-state index contributed by atoms with van der Waals surface area (Å²) >= 11 is 6.54. The van der Waals surface area contributed by atoms with E-state index in [1.807, 2.05) is 29.9 Å². The van der Waals surface area contributed by atoms with Gasteiger partial charge in [-0.2, -0.15) is 11.3 Å². The van der Waals surface area contributed by atoms with E-state index in [-0.39, 0.29) is 5.91 Å². The molecule has 0 aromatic carbocycles. The molecule has 1 amide bonds. The van der Waals surface area contributed by atoms with Gasteiger partial charge in [-0.1, -0.05) is 0 Å². The molecule has 2 aromatic heterocycles. The van der Waals surface area contributed by atoms with Gasteiger partial charge >= 0.3 is 0 Å². The minimum atomic E-state index is 0.0631. The maximum atomic E-state index is 12.0. The average molecular weight is 316 g/mol. The van der Waals surface area contributed by atoms with Crippen molar-refractivity contribution in [3.63, 3.8) is 0 Å². The fourth-order valence-electron chi connectivity index (χ4n) is 1.37. The molecule has 0 aliphatic rings. The first-order valence-electron chi connectivity index (χ1n) is 4.67. The molecular weight excluding hydrogens is 306 g/mol. The smallest absolute Gasteiger partial charge is 0.254 e. The normalized spacial score (nSPS) is 10.4. The van der Waals surface area contributed by atoms with E-state index < -0.39 is 0 Å². The quantitative estimate of drug-likeness (QED) is 0.842. The molecular formula is C11H10BrNOS2. The van der Waals surface area contributed by atoms with Gasteiger partial charge in [-0.15, -0.1) is 11.3 Å². The first-order valence-corrected chi connectivity index (χ1v) is 7.29. The Kier molecular flexibility index (Phi) is 3.78. The van der Waals surface area contributed by atoms with Gasteiger partial charge in [-0.25, -0.2) is 0 Å². The number of rotatable bonds is 3. The number of carbonyl (C=O) groups excluding carboxylic acids is 1. The Balaban J connectivity index is 2.05. The number of hydrogen-bond acceptors (Lipinski definition) is 3. The summed E-state index contributed by atoms with van der Waals surface area (Å²) in [5.74, 6) is 0.0631. The van der Waals surface area contributed by atoms with Crippen LogP contribution in [0.3, 0.4) is 0 Å². The zero-order valence-electron chi connectivity index (χ0n) is 8.64. The van der Waals surface area contributed by atoms with Crippen LogP contribution in [0.1, 0.15) is 15.9 Å². The average Bonchev–Trinajstić information content (AvgIpc) is 2.88. The molecule has 2 heterocycles. The van der Waals surface area contributed by atoms with Crippen LogP contribution in [-0.4, -0.2) is 17.9 Å². The number of hydrogen-bond donors (Lipinski definition) is 0. The Morgan fingerprint density at radius 1 is 1.50 bits per heavy atom. The lowest BCUT2D eigenvalue weighted by Gasteiger charge is -2.15. The third-order valence-electron chi connectivity index (χ3n) is 2.16. The molecule has 0 aliphatic carbocycles. The van der Waals surface area contributed by atoms with E-state index in [0.29, 0.717) is 6.54 Å². The van der Waals surface area contributed by atoms with Crippen molar-refractivity contribution < 1.29 is 4.79 Å². The van der Waals surface area contributed by atoms with Gasteiger partial charge in [-0.05, 0) is 44.4 Å². The molecule has 0 spiro atoms. The van der Waals surface area contributed by atoms with Gasteiger partial charge < -0.3 is 4.90 Å². The van der Waals surface area contributed by atoms with Gasteiger partial charge in [0.2, 0.25) is 0 Å². The van der Waals surface area contributed by atoms with Gasteiger partial charge in [0.05, 0.1) is 9.35 Å². The summed E-state index contributed by atoms with van der Waals surface area (Å²) in [5, 5.41) is 5.96. The summed E-state index contributed by atoms with van der Waals surface area (Å²) in [7, 11) is 1.82. The summed E-state index contributed by atoms with van der Waals surface area (Å²) < 4.78 is 0.986. The van der Waals surface area contributed by atoms with Crippen LogP contribution in [0.4, 0.5) is 0 Å². The van der Waals surface area contributed by atoms with Gasteiger partial charge in [0.15, 0.2) is 0 Å². The minimum absolute atomic E-state index is 0.0631. The molecule has 0 unspecified atom stereocenters. The van der Waals surface area contributed by atoms with E-state index in [4.69, 9.17) is 0 Å². The van der Waals surface area contributed by atoms with Crippen molar-refractivity contribution in [3.05, 3.63) is 43.2 Å². The second-order valence-electron chi connectivity index (χ2n) is 3.43. The molecule has 2 aromatic rings. The van der Waals surface area contributed by atoms with Gasteiger partial charge in [-0.3, -0.25) is 4.79 Å². The van der Waals surface area contributed by atoms with Crippen LogP contribution in [-0.2, 0) is 6.54 Å². The predicted molar refractivity (Wildman–Crippen MR) is 72.1 cm³/mol. The highest BCUT2D eigenvalue weighted by Crippen LogP contribution is 2.22. The van der Waals surface area contributed by atoms with Crippen LogP contribution >= 0.6 is 38.6 Å².